The van der Waals surface area contributed by atoms with Gasteiger partial charge in [0.2, 0.25) is 11.7 Å². The maximum atomic E-state index is 12.5. The van der Waals surface area contributed by atoms with E-state index in [0.29, 0.717) is 41.9 Å². The highest BCUT2D eigenvalue weighted by Crippen LogP contribution is 2.32. The van der Waals surface area contributed by atoms with Crippen molar-refractivity contribution in [3.63, 3.8) is 0 Å². The second-order valence-electron chi connectivity index (χ2n) is 6.32. The first-order valence-corrected chi connectivity index (χ1v) is 8.93. The van der Waals surface area contributed by atoms with Crippen LogP contribution in [0.15, 0.2) is 53.6 Å². The summed E-state index contributed by atoms with van der Waals surface area (Å²) >= 11 is 0. The second-order valence-corrected chi connectivity index (χ2v) is 6.32. The third-order valence-electron chi connectivity index (χ3n) is 4.31. The lowest BCUT2D eigenvalue weighted by Gasteiger charge is -2.19. The first kappa shape index (κ1) is 17.8. The van der Waals surface area contributed by atoms with E-state index < -0.39 is 6.04 Å². The first-order valence-electron chi connectivity index (χ1n) is 8.93. The van der Waals surface area contributed by atoms with Crippen LogP contribution in [0.5, 0.6) is 17.2 Å². The molecule has 0 saturated carbocycles. The number of ether oxygens (including phenoxy) is 3. The normalized spacial score (nSPS) is 17.3. The van der Waals surface area contributed by atoms with Gasteiger partial charge >= 0.3 is 0 Å². The Kier molecular flexibility index (Phi) is 5.09. The van der Waals surface area contributed by atoms with Crippen molar-refractivity contribution < 1.29 is 23.8 Å². The van der Waals surface area contributed by atoms with E-state index in [1.165, 1.54) is 0 Å². The van der Waals surface area contributed by atoms with Gasteiger partial charge in [-0.3, -0.25) is 15.0 Å². The van der Waals surface area contributed by atoms with Crippen LogP contribution >= 0.6 is 0 Å². The minimum absolute atomic E-state index is 0.124. The molecule has 0 saturated heterocycles. The summed E-state index contributed by atoms with van der Waals surface area (Å²) < 4.78 is 16.4. The van der Waals surface area contributed by atoms with Gasteiger partial charge < -0.3 is 19.5 Å². The van der Waals surface area contributed by atoms with Gasteiger partial charge in [0, 0.05) is 18.2 Å². The lowest BCUT2D eigenvalue weighted by molar-refractivity contribution is -0.117. The van der Waals surface area contributed by atoms with Gasteiger partial charge in [0.15, 0.2) is 18.1 Å². The van der Waals surface area contributed by atoms with Crippen LogP contribution in [-0.4, -0.2) is 43.3 Å². The van der Waals surface area contributed by atoms with E-state index in [-0.39, 0.29) is 24.7 Å². The van der Waals surface area contributed by atoms with Crippen molar-refractivity contribution >= 4 is 23.1 Å². The molecular formula is C20H19N3O5. The Morgan fingerprint density at radius 3 is 2.71 bits per heavy atom. The number of carbonyl (C=O) groups excluding carboxylic acids is 2. The Morgan fingerprint density at radius 2 is 1.89 bits per heavy atom. The number of hydrogen-bond acceptors (Lipinski definition) is 7. The summed E-state index contributed by atoms with van der Waals surface area (Å²) in [5.41, 5.74) is 3.59. The van der Waals surface area contributed by atoms with Crippen molar-refractivity contribution in [3.05, 3.63) is 48.5 Å². The Balaban J connectivity index is 1.29. The lowest BCUT2D eigenvalue weighted by Crippen LogP contribution is -2.35. The fraction of sp³-hybridized carbons (Fsp3) is 0.250. The van der Waals surface area contributed by atoms with Crippen molar-refractivity contribution in [1.29, 1.82) is 0 Å². The third-order valence-corrected chi connectivity index (χ3v) is 4.31. The van der Waals surface area contributed by atoms with Gasteiger partial charge in [0.05, 0.1) is 0 Å². The van der Waals surface area contributed by atoms with Gasteiger partial charge in [-0.1, -0.05) is 18.2 Å². The van der Waals surface area contributed by atoms with E-state index in [2.05, 4.69) is 15.8 Å². The zero-order valence-corrected chi connectivity index (χ0v) is 15.0. The number of benzene rings is 2. The number of nitrogens with zero attached hydrogens (tertiary/aromatic N) is 1. The second kappa shape index (κ2) is 7.99. The van der Waals surface area contributed by atoms with E-state index in [1.54, 1.807) is 30.3 Å². The number of nitrogens with one attached hydrogen (secondary N) is 2. The molecule has 2 N–H and O–H groups in total. The molecule has 1 unspecified atom stereocenters. The first-order chi connectivity index (χ1) is 13.7. The maximum absolute atomic E-state index is 12.5. The van der Waals surface area contributed by atoms with Gasteiger partial charge in [-0.05, 0) is 24.3 Å². The average Bonchev–Trinajstić information content (AvgIpc) is 3.23. The van der Waals surface area contributed by atoms with Gasteiger partial charge in [-0.2, -0.15) is 5.10 Å². The monoisotopic (exact) mass is 381 g/mol. The van der Waals surface area contributed by atoms with Gasteiger partial charge in [0.25, 0.3) is 0 Å². The van der Waals surface area contributed by atoms with Crippen LogP contribution in [0.3, 0.4) is 0 Å². The summed E-state index contributed by atoms with van der Waals surface area (Å²) in [7, 11) is 0. The number of fused-ring (bicyclic) bond motifs is 1. The van der Waals surface area contributed by atoms with Crippen LogP contribution < -0.4 is 25.0 Å². The highest BCUT2D eigenvalue weighted by Gasteiger charge is 2.29. The number of rotatable bonds is 6. The number of ketones is 1. The summed E-state index contributed by atoms with van der Waals surface area (Å²) in [4.78, 5) is 24.7. The van der Waals surface area contributed by atoms with Crippen LogP contribution in [0.25, 0.3) is 0 Å². The van der Waals surface area contributed by atoms with Crippen molar-refractivity contribution in [2.24, 2.45) is 5.10 Å². The molecule has 0 spiro atoms. The Hall–Kier alpha value is -3.55. The molecule has 1 amide bonds. The molecular weight excluding hydrogens is 362 g/mol. The van der Waals surface area contributed by atoms with Crippen LogP contribution in [0, 0.1) is 0 Å². The molecule has 0 aliphatic carbocycles. The number of anilines is 1. The molecule has 2 aliphatic rings. The van der Waals surface area contributed by atoms with Crippen LogP contribution in [0.1, 0.15) is 6.42 Å². The van der Waals surface area contributed by atoms with Crippen molar-refractivity contribution in [2.75, 3.05) is 25.1 Å². The Bertz CT molecular complexity index is 913. The van der Waals surface area contributed by atoms with Crippen molar-refractivity contribution in [1.82, 2.24) is 5.43 Å². The largest absolute Gasteiger partial charge is 0.486 e. The maximum Gasteiger partial charge on any atom is 0.248 e. The average molecular weight is 381 g/mol. The lowest BCUT2D eigenvalue weighted by atomic mass is 10.1. The van der Waals surface area contributed by atoms with Crippen LogP contribution in [0.4, 0.5) is 5.69 Å². The van der Waals surface area contributed by atoms with Gasteiger partial charge in [-0.25, -0.2) is 0 Å². The van der Waals surface area contributed by atoms with Crippen LogP contribution in [-0.2, 0) is 9.59 Å². The molecule has 0 bridgehead atoms. The molecule has 0 radical (unpaired) electrons. The summed E-state index contributed by atoms with van der Waals surface area (Å²) in [6.45, 7) is 0.854. The van der Waals surface area contributed by atoms with E-state index in [4.69, 9.17) is 14.2 Å². The van der Waals surface area contributed by atoms with Crippen LogP contribution in [0.2, 0.25) is 0 Å². The number of carbonyl (C=O) groups is 2. The molecule has 0 fully saturated rings. The zero-order valence-electron chi connectivity index (χ0n) is 15.0. The number of Topliss-reactive ketones (excluding diaryl/α,β-unsaturated/α-hetero) is 1. The summed E-state index contributed by atoms with van der Waals surface area (Å²) in [5, 5.41) is 6.79. The molecule has 2 aromatic carbocycles. The zero-order chi connectivity index (χ0) is 19.3. The van der Waals surface area contributed by atoms with Gasteiger partial charge in [-0.15, -0.1) is 0 Å². The topological polar surface area (TPSA) is 98.2 Å². The summed E-state index contributed by atoms with van der Waals surface area (Å²) in [6, 6.07) is 13.6. The summed E-state index contributed by atoms with van der Waals surface area (Å²) in [6.07, 6.45) is 0.202. The molecule has 2 aromatic rings. The molecule has 8 nitrogen and oxygen atoms in total. The Labute approximate surface area is 161 Å². The van der Waals surface area contributed by atoms with E-state index in [0.717, 1.165) is 0 Å². The van der Waals surface area contributed by atoms with E-state index in [1.807, 2.05) is 18.2 Å². The number of hydrogen-bond donors (Lipinski definition) is 2. The van der Waals surface area contributed by atoms with Crippen molar-refractivity contribution in [2.45, 2.75) is 12.5 Å². The number of para-hydroxylation sites is 1. The predicted molar refractivity (Wildman–Crippen MR) is 102 cm³/mol. The standard InChI is InChI=1S/C20H19N3O5/c24-17(12-28-14-4-2-1-3-5-14)15-11-16(23-22-15)20(25)21-13-6-7-18-19(10-13)27-9-8-26-18/h1-7,10,16,23H,8-9,11-12H2,(H,21,25). The number of amides is 1. The minimum atomic E-state index is -0.621. The molecule has 1 atom stereocenters. The number of hydrazone groups is 1. The SMILES string of the molecule is O=C(COc1ccccc1)C1=NNC(C(=O)Nc2ccc3c(c2)OCCO3)C1. The molecule has 2 heterocycles. The molecule has 144 valence electrons. The van der Waals surface area contributed by atoms with Crippen molar-refractivity contribution in [3.8, 4) is 17.2 Å². The molecule has 28 heavy (non-hydrogen) atoms. The summed E-state index contributed by atoms with van der Waals surface area (Å²) in [5.74, 6) is 1.31. The fourth-order valence-corrected chi connectivity index (χ4v) is 2.87. The molecule has 0 aromatic heterocycles. The predicted octanol–water partition coefficient (Wildman–Crippen LogP) is 1.76. The molecule has 8 heteroatoms. The van der Waals surface area contributed by atoms with Gasteiger partial charge in [0.1, 0.15) is 30.7 Å². The third kappa shape index (κ3) is 4.06. The highest BCUT2D eigenvalue weighted by molar-refractivity contribution is 6.41. The Morgan fingerprint density at radius 1 is 1.11 bits per heavy atom. The highest BCUT2D eigenvalue weighted by atomic mass is 16.6. The smallest absolute Gasteiger partial charge is 0.248 e. The van der Waals surface area contributed by atoms with E-state index >= 15 is 0 Å². The van der Waals surface area contributed by atoms with E-state index in [9.17, 15) is 9.59 Å². The molecule has 2 aliphatic heterocycles. The molecule has 4 rings (SSSR count). The fourth-order valence-electron chi connectivity index (χ4n) is 2.87. The quantitative estimate of drug-likeness (QED) is 0.791. The minimum Gasteiger partial charge on any atom is -0.486 e.